The molecule has 4 rings (SSSR count). The molecule has 17 heteroatoms. The summed E-state index contributed by atoms with van der Waals surface area (Å²) in [5.41, 5.74) is 0.378. The van der Waals surface area contributed by atoms with Gasteiger partial charge in [0.2, 0.25) is 5.91 Å². The molecular formula is C25H23F5N8O4. The molecule has 3 N–H and O–H groups in total. The van der Waals surface area contributed by atoms with E-state index < -0.39 is 42.3 Å². The minimum Gasteiger partial charge on any atom is -0.508 e. The highest BCUT2D eigenvalue weighted by atomic mass is 19.4. The van der Waals surface area contributed by atoms with E-state index in [1.54, 1.807) is 12.1 Å². The average molecular weight is 595 g/mol. The van der Waals surface area contributed by atoms with Crippen molar-refractivity contribution in [2.75, 3.05) is 5.32 Å². The monoisotopic (exact) mass is 594 g/mol. The number of nitrogens with zero attached hydrogens (tertiary/aromatic N) is 6. The van der Waals surface area contributed by atoms with E-state index in [0.29, 0.717) is 5.56 Å². The number of anilines is 1. The maximum absolute atomic E-state index is 14.6. The number of ether oxygens (including phenoxy) is 1. The van der Waals surface area contributed by atoms with Crippen molar-refractivity contribution in [3.63, 3.8) is 0 Å². The first-order valence-electron chi connectivity index (χ1n) is 12.3. The van der Waals surface area contributed by atoms with Crippen LogP contribution in [0.5, 0.6) is 11.5 Å². The Morgan fingerprint density at radius 3 is 2.60 bits per heavy atom. The number of phenolic OH excluding ortho intramolecular Hbond substituents is 1. The Morgan fingerprint density at radius 2 is 1.83 bits per heavy atom. The van der Waals surface area contributed by atoms with Gasteiger partial charge in [-0.05, 0) is 35.9 Å². The summed E-state index contributed by atoms with van der Waals surface area (Å²) in [6.07, 6.45) is -4.45. The molecule has 2 aromatic carbocycles. The van der Waals surface area contributed by atoms with E-state index >= 15 is 0 Å². The van der Waals surface area contributed by atoms with Crippen molar-refractivity contribution in [2.45, 2.75) is 45.0 Å². The summed E-state index contributed by atoms with van der Waals surface area (Å²) in [6.45, 7) is 0.0171. The van der Waals surface area contributed by atoms with Crippen LogP contribution in [-0.2, 0) is 30.8 Å². The maximum atomic E-state index is 14.6. The molecule has 0 saturated heterocycles. The first kappa shape index (κ1) is 29.9. The van der Waals surface area contributed by atoms with Gasteiger partial charge in [-0.2, -0.15) is 0 Å². The molecule has 2 heterocycles. The highest BCUT2D eigenvalue weighted by Crippen LogP contribution is 2.25. The second-order valence-corrected chi connectivity index (χ2v) is 8.96. The van der Waals surface area contributed by atoms with Gasteiger partial charge in [0.1, 0.15) is 23.5 Å². The smallest absolute Gasteiger partial charge is 0.508 e. The molecule has 0 aliphatic heterocycles. The van der Waals surface area contributed by atoms with Gasteiger partial charge < -0.3 is 20.5 Å². The number of nitrogens with one attached hydrogen (secondary N) is 2. The van der Waals surface area contributed by atoms with Crippen molar-refractivity contribution in [2.24, 2.45) is 0 Å². The number of aromatic hydroxyl groups is 1. The largest absolute Gasteiger partial charge is 0.573 e. The highest BCUT2D eigenvalue weighted by molar-refractivity contribution is 5.92. The van der Waals surface area contributed by atoms with Crippen LogP contribution in [0.4, 0.5) is 27.8 Å². The highest BCUT2D eigenvalue weighted by Gasteiger charge is 2.31. The number of hydrogen-bond donors (Lipinski definition) is 3. The zero-order valence-electron chi connectivity index (χ0n) is 21.6. The van der Waals surface area contributed by atoms with Gasteiger partial charge >= 0.3 is 6.36 Å². The number of hydrogen-bond acceptors (Lipinski definition) is 8. The van der Waals surface area contributed by atoms with Gasteiger partial charge in [-0.25, -0.2) is 13.5 Å². The quantitative estimate of drug-likeness (QED) is 0.212. The molecule has 0 aliphatic rings. The normalized spacial score (nSPS) is 12.1. The van der Waals surface area contributed by atoms with Gasteiger partial charge in [-0.1, -0.05) is 22.6 Å². The number of amides is 2. The minimum atomic E-state index is -4.98. The molecule has 2 amide bonds. The molecule has 0 bridgehead atoms. The lowest BCUT2D eigenvalue weighted by Gasteiger charge is -2.10. The van der Waals surface area contributed by atoms with E-state index in [-0.39, 0.29) is 48.9 Å². The Labute approximate surface area is 234 Å². The molecule has 42 heavy (non-hydrogen) atoms. The molecule has 12 nitrogen and oxygen atoms in total. The number of aromatic nitrogens is 6. The number of carbonyl (C=O) groups is 2. The van der Waals surface area contributed by atoms with Crippen molar-refractivity contribution >= 4 is 17.6 Å². The van der Waals surface area contributed by atoms with E-state index in [2.05, 4.69) is 36.0 Å². The third-order valence-corrected chi connectivity index (χ3v) is 5.60. The fraction of sp³-hybridized carbons (Fsp3) is 0.280. The molecule has 1 unspecified atom stereocenters. The van der Waals surface area contributed by atoms with Crippen LogP contribution in [0.2, 0.25) is 0 Å². The van der Waals surface area contributed by atoms with Crippen LogP contribution >= 0.6 is 0 Å². The van der Waals surface area contributed by atoms with Gasteiger partial charge in [-0.3, -0.25) is 14.3 Å². The third-order valence-electron chi connectivity index (χ3n) is 5.60. The molecule has 0 saturated carbocycles. The van der Waals surface area contributed by atoms with Crippen molar-refractivity contribution in [1.82, 2.24) is 35.3 Å². The fourth-order valence-electron chi connectivity index (χ4n) is 3.71. The van der Waals surface area contributed by atoms with Crippen molar-refractivity contribution in [3.05, 3.63) is 77.5 Å². The molecular weight excluding hydrogens is 571 g/mol. The number of halogens is 5. The van der Waals surface area contributed by atoms with Gasteiger partial charge in [-0.15, -0.1) is 23.4 Å². The maximum Gasteiger partial charge on any atom is 0.573 e. The molecule has 4 aromatic rings. The Kier molecular flexibility index (Phi) is 9.28. The minimum absolute atomic E-state index is 0.0229. The van der Waals surface area contributed by atoms with Crippen LogP contribution in [0.15, 0.2) is 54.9 Å². The first-order valence-corrected chi connectivity index (χ1v) is 12.3. The number of phenols is 1. The van der Waals surface area contributed by atoms with E-state index in [4.69, 9.17) is 0 Å². The summed E-state index contributed by atoms with van der Waals surface area (Å²) in [4.78, 5) is 24.5. The number of aryl methyl sites for hydroxylation is 1. The molecule has 0 fully saturated rings. The molecule has 222 valence electrons. The SMILES string of the molecule is O=C(Cc1cc(OC(F)(F)F)ccc1F)Nc1cn(CC(F)CCn2cc(C(=O)NCc3cccc(O)c3)nn2)nn1. The van der Waals surface area contributed by atoms with E-state index in [1.165, 1.54) is 29.2 Å². The number of carbonyl (C=O) groups excluding carboxylic acids is 2. The molecule has 0 radical (unpaired) electrons. The summed E-state index contributed by atoms with van der Waals surface area (Å²) >= 11 is 0. The predicted molar refractivity (Wildman–Crippen MR) is 134 cm³/mol. The molecule has 1 atom stereocenters. The zero-order valence-corrected chi connectivity index (χ0v) is 21.6. The Hall–Kier alpha value is -5.09. The lowest BCUT2D eigenvalue weighted by Crippen LogP contribution is -2.23. The fourth-order valence-corrected chi connectivity index (χ4v) is 3.71. The third kappa shape index (κ3) is 8.97. The number of benzene rings is 2. The average Bonchev–Trinajstić information content (AvgIpc) is 3.57. The van der Waals surface area contributed by atoms with Crippen LogP contribution in [0.3, 0.4) is 0 Å². The summed E-state index contributed by atoms with van der Waals surface area (Å²) in [5, 5.41) is 29.4. The Balaban J connectivity index is 1.22. The van der Waals surface area contributed by atoms with Gasteiger partial charge in [0.25, 0.3) is 5.91 Å². The number of alkyl halides is 4. The van der Waals surface area contributed by atoms with E-state index in [9.17, 15) is 36.6 Å². The topological polar surface area (TPSA) is 149 Å². The number of rotatable bonds is 12. The second kappa shape index (κ2) is 13.0. The second-order valence-electron chi connectivity index (χ2n) is 8.96. The van der Waals surface area contributed by atoms with E-state index in [0.717, 1.165) is 22.9 Å². The van der Waals surface area contributed by atoms with Crippen LogP contribution < -0.4 is 15.4 Å². The van der Waals surface area contributed by atoms with Gasteiger partial charge in [0.15, 0.2) is 11.5 Å². The van der Waals surface area contributed by atoms with Gasteiger partial charge in [0, 0.05) is 25.1 Å². The summed E-state index contributed by atoms with van der Waals surface area (Å²) in [7, 11) is 0. The predicted octanol–water partition coefficient (Wildman–Crippen LogP) is 3.15. The Morgan fingerprint density at radius 1 is 1.05 bits per heavy atom. The lowest BCUT2D eigenvalue weighted by atomic mass is 10.1. The van der Waals surface area contributed by atoms with Crippen molar-refractivity contribution in [1.29, 1.82) is 0 Å². The van der Waals surface area contributed by atoms with Crippen LogP contribution in [-0.4, -0.2) is 59.4 Å². The summed E-state index contributed by atoms with van der Waals surface area (Å²) < 4.78 is 71.9. The lowest BCUT2D eigenvalue weighted by molar-refractivity contribution is -0.274. The van der Waals surface area contributed by atoms with Crippen LogP contribution in [0.1, 0.15) is 28.0 Å². The summed E-state index contributed by atoms with van der Waals surface area (Å²) in [5.74, 6) is -2.88. The molecule has 0 spiro atoms. The molecule has 0 aliphatic carbocycles. The van der Waals surface area contributed by atoms with Gasteiger partial charge in [0.05, 0.1) is 25.4 Å². The van der Waals surface area contributed by atoms with Crippen molar-refractivity contribution in [3.8, 4) is 11.5 Å². The first-order chi connectivity index (χ1) is 19.9. The summed E-state index contributed by atoms with van der Waals surface area (Å²) in [6, 6.07) is 8.67. The van der Waals surface area contributed by atoms with E-state index in [1.807, 2.05) is 0 Å². The van der Waals surface area contributed by atoms with Crippen LogP contribution in [0, 0.1) is 5.82 Å². The molecule has 2 aromatic heterocycles. The standard InChI is InChI=1S/C25H23F5N8O4/c26-17(6-7-37-13-21(33-35-37)24(41)31-11-15-2-1-3-18(39)8-15)12-38-14-22(34-36-38)32-23(40)10-16-9-19(4-5-20(16)27)42-25(28,29)30/h1-5,8-9,13-14,17,39H,6-7,10-12H2,(H,31,41)(H,32,40). The zero-order chi connectivity index (χ0) is 30.3. The van der Waals surface area contributed by atoms with Crippen LogP contribution in [0.25, 0.3) is 0 Å². The van der Waals surface area contributed by atoms with Crippen molar-refractivity contribution < 1.29 is 41.4 Å². The Bertz CT molecular complexity index is 1540.